The molecule has 0 heterocycles. The van der Waals surface area contributed by atoms with Gasteiger partial charge < -0.3 is 16.0 Å². The number of carbonyl (C=O) groups is 1. The minimum absolute atomic E-state index is 0.0591. The zero-order chi connectivity index (χ0) is 17.3. The fourth-order valence-electron chi connectivity index (χ4n) is 2.68. The summed E-state index contributed by atoms with van der Waals surface area (Å²) in [5.74, 6) is 0.692. The molecule has 1 aliphatic rings. The van der Waals surface area contributed by atoms with E-state index >= 15 is 0 Å². The summed E-state index contributed by atoms with van der Waals surface area (Å²) in [5, 5.41) is 3.85. The van der Waals surface area contributed by atoms with Gasteiger partial charge in [-0.15, -0.1) is 0 Å². The van der Waals surface area contributed by atoms with E-state index in [2.05, 4.69) is 5.32 Å². The minimum Gasteiger partial charge on any atom is -0.396 e. The van der Waals surface area contributed by atoms with E-state index < -0.39 is 0 Å². The SMILES string of the molecule is CN(C)C(=O)c1ccccc1-c1ccc(NCC2CC2)c(N)c1Cl. The van der Waals surface area contributed by atoms with Crippen molar-refractivity contribution in [3.05, 3.63) is 47.0 Å². The largest absolute Gasteiger partial charge is 0.396 e. The van der Waals surface area contributed by atoms with Gasteiger partial charge >= 0.3 is 0 Å². The zero-order valence-corrected chi connectivity index (χ0v) is 14.7. The molecule has 3 rings (SSSR count). The molecule has 1 amide bonds. The van der Waals surface area contributed by atoms with Gasteiger partial charge in [0.25, 0.3) is 5.91 Å². The van der Waals surface area contributed by atoms with Gasteiger partial charge in [-0.2, -0.15) is 0 Å². The molecule has 0 spiro atoms. The summed E-state index contributed by atoms with van der Waals surface area (Å²) < 4.78 is 0. The Kier molecular flexibility index (Phi) is 4.67. The number of halogens is 1. The first kappa shape index (κ1) is 16.7. The fourth-order valence-corrected chi connectivity index (χ4v) is 2.94. The first-order chi connectivity index (χ1) is 11.5. The molecule has 24 heavy (non-hydrogen) atoms. The Labute approximate surface area is 147 Å². The van der Waals surface area contributed by atoms with E-state index in [9.17, 15) is 4.79 Å². The third kappa shape index (κ3) is 3.34. The summed E-state index contributed by atoms with van der Waals surface area (Å²) in [5.41, 5.74) is 9.79. The normalized spacial score (nSPS) is 13.6. The van der Waals surface area contributed by atoms with Crippen LogP contribution in [0.15, 0.2) is 36.4 Å². The number of anilines is 2. The molecule has 0 aliphatic heterocycles. The van der Waals surface area contributed by atoms with E-state index in [-0.39, 0.29) is 5.91 Å². The summed E-state index contributed by atoms with van der Waals surface area (Å²) in [6, 6.07) is 11.3. The predicted molar refractivity (Wildman–Crippen MR) is 101 cm³/mol. The molecule has 3 N–H and O–H groups in total. The van der Waals surface area contributed by atoms with Crippen molar-refractivity contribution in [1.82, 2.24) is 4.90 Å². The highest BCUT2D eigenvalue weighted by Crippen LogP contribution is 2.39. The van der Waals surface area contributed by atoms with E-state index in [1.807, 2.05) is 36.4 Å². The van der Waals surface area contributed by atoms with Crippen LogP contribution in [0.3, 0.4) is 0 Å². The Bertz CT molecular complexity index is 769. The number of carbonyl (C=O) groups excluding carboxylic acids is 1. The number of nitrogens with two attached hydrogens (primary N) is 1. The van der Waals surface area contributed by atoms with Crippen molar-refractivity contribution < 1.29 is 4.79 Å². The van der Waals surface area contributed by atoms with Gasteiger partial charge in [0.2, 0.25) is 0 Å². The van der Waals surface area contributed by atoms with Crippen molar-refractivity contribution in [2.24, 2.45) is 5.92 Å². The third-order valence-electron chi connectivity index (χ3n) is 4.31. The summed E-state index contributed by atoms with van der Waals surface area (Å²) in [7, 11) is 3.47. The van der Waals surface area contributed by atoms with Gasteiger partial charge in [-0.3, -0.25) is 4.79 Å². The van der Waals surface area contributed by atoms with Crippen LogP contribution >= 0.6 is 11.6 Å². The number of nitrogens with zero attached hydrogens (tertiary/aromatic N) is 1. The van der Waals surface area contributed by atoms with Crippen LogP contribution in [0.1, 0.15) is 23.2 Å². The smallest absolute Gasteiger partial charge is 0.253 e. The second-order valence-electron chi connectivity index (χ2n) is 6.46. The molecule has 2 aromatic carbocycles. The van der Waals surface area contributed by atoms with Crippen LogP contribution in [0, 0.1) is 5.92 Å². The molecule has 2 aromatic rings. The molecule has 0 aromatic heterocycles. The highest BCUT2D eigenvalue weighted by molar-refractivity contribution is 6.36. The molecular formula is C19H22ClN3O. The monoisotopic (exact) mass is 343 g/mol. The molecule has 0 bridgehead atoms. The Morgan fingerprint density at radius 3 is 2.58 bits per heavy atom. The fraction of sp³-hybridized carbons (Fsp3) is 0.316. The topological polar surface area (TPSA) is 58.4 Å². The van der Waals surface area contributed by atoms with Crippen LogP contribution in [-0.4, -0.2) is 31.4 Å². The van der Waals surface area contributed by atoms with E-state index in [1.54, 1.807) is 19.0 Å². The Morgan fingerprint density at radius 2 is 1.92 bits per heavy atom. The number of hydrogen-bond donors (Lipinski definition) is 2. The number of nitrogen functional groups attached to an aromatic ring is 1. The first-order valence-corrected chi connectivity index (χ1v) is 8.49. The van der Waals surface area contributed by atoms with Crippen molar-refractivity contribution >= 4 is 28.9 Å². The maximum atomic E-state index is 12.4. The number of nitrogens with one attached hydrogen (secondary N) is 1. The average Bonchev–Trinajstić information content (AvgIpc) is 3.40. The second kappa shape index (κ2) is 6.73. The van der Waals surface area contributed by atoms with Crippen molar-refractivity contribution in [3.8, 4) is 11.1 Å². The first-order valence-electron chi connectivity index (χ1n) is 8.12. The zero-order valence-electron chi connectivity index (χ0n) is 14.0. The molecular weight excluding hydrogens is 322 g/mol. The third-order valence-corrected chi connectivity index (χ3v) is 4.72. The van der Waals surface area contributed by atoms with Gasteiger partial charge in [-0.05, 0) is 36.5 Å². The van der Waals surface area contributed by atoms with E-state index in [0.29, 0.717) is 16.3 Å². The summed E-state index contributed by atoms with van der Waals surface area (Å²) in [4.78, 5) is 14.0. The van der Waals surface area contributed by atoms with Gasteiger partial charge in [0, 0.05) is 31.8 Å². The molecule has 5 heteroatoms. The second-order valence-corrected chi connectivity index (χ2v) is 6.84. The summed E-state index contributed by atoms with van der Waals surface area (Å²) in [6.07, 6.45) is 2.55. The summed E-state index contributed by atoms with van der Waals surface area (Å²) in [6.45, 7) is 0.926. The number of amides is 1. The van der Waals surface area contributed by atoms with Crippen LogP contribution in [-0.2, 0) is 0 Å². The van der Waals surface area contributed by atoms with Crippen LogP contribution in [0.5, 0.6) is 0 Å². The van der Waals surface area contributed by atoms with Gasteiger partial charge in [0.15, 0.2) is 0 Å². The molecule has 1 aliphatic carbocycles. The van der Waals surface area contributed by atoms with E-state index in [4.69, 9.17) is 17.3 Å². The Balaban J connectivity index is 1.98. The minimum atomic E-state index is -0.0591. The van der Waals surface area contributed by atoms with Crippen LogP contribution in [0.4, 0.5) is 11.4 Å². The lowest BCUT2D eigenvalue weighted by molar-refractivity contribution is 0.0828. The molecule has 126 valence electrons. The maximum Gasteiger partial charge on any atom is 0.253 e. The highest BCUT2D eigenvalue weighted by Gasteiger charge is 2.22. The van der Waals surface area contributed by atoms with Gasteiger partial charge in [0.1, 0.15) is 0 Å². The standard InChI is InChI=1S/C19H22ClN3O/c1-23(2)19(24)15-6-4-3-5-13(15)14-9-10-16(18(21)17(14)20)22-11-12-7-8-12/h3-6,9-10,12,22H,7-8,11,21H2,1-2H3. The maximum absolute atomic E-state index is 12.4. The van der Waals surface area contributed by atoms with Gasteiger partial charge in [-0.1, -0.05) is 35.9 Å². The molecule has 0 radical (unpaired) electrons. The van der Waals surface area contributed by atoms with Crippen molar-refractivity contribution in [3.63, 3.8) is 0 Å². The highest BCUT2D eigenvalue weighted by atomic mass is 35.5. The van der Waals surface area contributed by atoms with Gasteiger partial charge in [0.05, 0.1) is 16.4 Å². The lowest BCUT2D eigenvalue weighted by Gasteiger charge is -2.17. The Hall–Kier alpha value is -2.20. The number of benzene rings is 2. The van der Waals surface area contributed by atoms with Crippen molar-refractivity contribution in [2.75, 3.05) is 31.7 Å². The number of hydrogen-bond acceptors (Lipinski definition) is 3. The molecule has 0 unspecified atom stereocenters. The van der Waals surface area contributed by atoms with Crippen LogP contribution < -0.4 is 11.1 Å². The average molecular weight is 344 g/mol. The van der Waals surface area contributed by atoms with Crippen molar-refractivity contribution in [2.45, 2.75) is 12.8 Å². The molecule has 4 nitrogen and oxygen atoms in total. The van der Waals surface area contributed by atoms with Crippen LogP contribution in [0.25, 0.3) is 11.1 Å². The molecule has 1 fully saturated rings. The quantitative estimate of drug-likeness (QED) is 0.803. The van der Waals surface area contributed by atoms with E-state index in [0.717, 1.165) is 29.3 Å². The molecule has 0 saturated heterocycles. The lowest BCUT2D eigenvalue weighted by atomic mass is 9.98. The lowest BCUT2D eigenvalue weighted by Crippen LogP contribution is -2.22. The predicted octanol–water partition coefficient (Wildman–Crippen LogP) is 4.11. The molecule has 0 atom stereocenters. The Morgan fingerprint density at radius 1 is 1.21 bits per heavy atom. The van der Waals surface area contributed by atoms with Gasteiger partial charge in [-0.25, -0.2) is 0 Å². The van der Waals surface area contributed by atoms with E-state index in [1.165, 1.54) is 12.8 Å². The van der Waals surface area contributed by atoms with Crippen LogP contribution in [0.2, 0.25) is 5.02 Å². The molecule has 1 saturated carbocycles. The van der Waals surface area contributed by atoms with Crippen molar-refractivity contribution in [1.29, 1.82) is 0 Å². The number of rotatable bonds is 5. The summed E-state index contributed by atoms with van der Waals surface area (Å²) >= 11 is 6.53.